The molecule has 0 atom stereocenters. The van der Waals surface area contributed by atoms with Gasteiger partial charge in [-0.05, 0) is 43.2 Å². The third-order valence-electron chi connectivity index (χ3n) is 4.85. The maximum Gasteiger partial charge on any atom is 0.311 e. The summed E-state index contributed by atoms with van der Waals surface area (Å²) in [6.45, 7) is 4.58. The molecule has 158 valence electrons. The van der Waals surface area contributed by atoms with E-state index in [1.54, 1.807) is 17.5 Å². The van der Waals surface area contributed by atoms with Crippen LogP contribution in [-0.2, 0) is 22.6 Å². The van der Waals surface area contributed by atoms with Crippen molar-refractivity contribution in [1.29, 1.82) is 0 Å². The molecular weight excluding hydrogens is 412 g/mol. The number of hydrogen-bond donors (Lipinski definition) is 0. The number of thiazole rings is 1. The molecule has 31 heavy (non-hydrogen) atoms. The molecule has 2 heterocycles. The third kappa shape index (κ3) is 4.51. The van der Waals surface area contributed by atoms with Gasteiger partial charge in [0.2, 0.25) is 0 Å². The Morgan fingerprint density at radius 1 is 1.19 bits per heavy atom. The minimum absolute atomic E-state index is 0.169. The van der Waals surface area contributed by atoms with E-state index >= 15 is 0 Å². The first-order valence-electron chi connectivity index (χ1n) is 9.98. The summed E-state index contributed by atoms with van der Waals surface area (Å²) in [6, 6.07) is 15.7. The number of hydrogen-bond acceptors (Lipinski definition) is 6. The van der Waals surface area contributed by atoms with Crippen LogP contribution in [0.3, 0.4) is 0 Å². The lowest BCUT2D eigenvalue weighted by Crippen LogP contribution is -2.06. The molecule has 0 aliphatic carbocycles. The molecule has 0 saturated carbocycles. The molecule has 2 aromatic heterocycles. The largest absolute Gasteiger partial charge is 0.489 e. The van der Waals surface area contributed by atoms with Crippen LogP contribution in [-0.4, -0.2) is 28.2 Å². The van der Waals surface area contributed by atoms with Crippen LogP contribution in [0.4, 0.5) is 0 Å². The van der Waals surface area contributed by atoms with Gasteiger partial charge in [-0.15, -0.1) is 11.3 Å². The second-order valence-electron chi connectivity index (χ2n) is 7.05. The lowest BCUT2D eigenvalue weighted by atomic mass is 10.0. The first kappa shape index (κ1) is 20.8. The Morgan fingerprint density at radius 2 is 2.00 bits per heavy atom. The molecule has 4 rings (SSSR count). The Morgan fingerprint density at radius 3 is 2.71 bits per heavy atom. The Kier molecular flexibility index (Phi) is 6.13. The molecule has 0 unspecified atom stereocenters. The van der Waals surface area contributed by atoms with Gasteiger partial charge in [0.25, 0.3) is 0 Å². The molecule has 0 spiro atoms. The number of fused-ring (bicyclic) bond motifs is 1. The predicted octanol–water partition coefficient (Wildman–Crippen LogP) is 4.87. The van der Waals surface area contributed by atoms with Gasteiger partial charge < -0.3 is 9.47 Å². The van der Waals surface area contributed by atoms with Crippen molar-refractivity contribution in [2.24, 2.45) is 0 Å². The van der Waals surface area contributed by atoms with Gasteiger partial charge in [0, 0.05) is 16.6 Å². The smallest absolute Gasteiger partial charge is 0.311 e. The van der Waals surface area contributed by atoms with Crippen molar-refractivity contribution in [3.8, 4) is 17.0 Å². The van der Waals surface area contributed by atoms with Gasteiger partial charge in [-0.1, -0.05) is 30.3 Å². The van der Waals surface area contributed by atoms with Crippen LogP contribution in [0, 0.1) is 6.92 Å². The van der Waals surface area contributed by atoms with Crippen molar-refractivity contribution in [2.45, 2.75) is 26.9 Å². The molecular formula is C24H22N2O4S. The van der Waals surface area contributed by atoms with Crippen LogP contribution in [0.25, 0.3) is 16.2 Å². The van der Waals surface area contributed by atoms with E-state index in [-0.39, 0.29) is 12.4 Å². The third-order valence-corrected chi connectivity index (χ3v) is 5.83. The van der Waals surface area contributed by atoms with Crippen LogP contribution in [0.1, 0.15) is 33.4 Å². The molecule has 0 aliphatic rings. The zero-order valence-electron chi connectivity index (χ0n) is 17.3. The van der Waals surface area contributed by atoms with Crippen LogP contribution in [0.2, 0.25) is 0 Å². The van der Waals surface area contributed by atoms with Gasteiger partial charge in [-0.2, -0.15) is 0 Å². The van der Waals surface area contributed by atoms with E-state index in [1.165, 1.54) is 11.3 Å². The highest BCUT2D eigenvalue weighted by molar-refractivity contribution is 7.17. The Hall–Kier alpha value is -3.45. The average Bonchev–Trinajstić information content (AvgIpc) is 3.30. The van der Waals surface area contributed by atoms with Crippen molar-refractivity contribution < 1.29 is 19.1 Å². The van der Waals surface area contributed by atoms with Crippen molar-refractivity contribution in [1.82, 2.24) is 9.38 Å². The predicted molar refractivity (Wildman–Crippen MR) is 120 cm³/mol. The summed E-state index contributed by atoms with van der Waals surface area (Å²) in [5.41, 5.74) is 4.02. The van der Waals surface area contributed by atoms with Crippen LogP contribution in [0.15, 0.2) is 54.7 Å². The Balaban J connectivity index is 1.58. The van der Waals surface area contributed by atoms with E-state index in [1.807, 2.05) is 55.5 Å². The van der Waals surface area contributed by atoms with Crippen LogP contribution >= 0.6 is 11.3 Å². The molecule has 0 N–H and O–H groups in total. The number of esters is 1. The fourth-order valence-corrected chi connectivity index (χ4v) is 4.36. The molecule has 4 aromatic rings. The molecule has 6 nitrogen and oxygen atoms in total. The summed E-state index contributed by atoms with van der Waals surface area (Å²) < 4.78 is 12.6. The van der Waals surface area contributed by atoms with E-state index in [4.69, 9.17) is 9.47 Å². The highest BCUT2D eigenvalue weighted by Crippen LogP contribution is 2.32. The van der Waals surface area contributed by atoms with Crippen molar-refractivity contribution in [3.63, 3.8) is 0 Å². The maximum atomic E-state index is 11.9. The summed E-state index contributed by atoms with van der Waals surface area (Å²) in [4.78, 5) is 29.8. The van der Waals surface area contributed by atoms with Gasteiger partial charge in [-0.3, -0.25) is 14.0 Å². The number of nitrogens with zero attached hydrogens (tertiary/aromatic N) is 2. The van der Waals surface area contributed by atoms with E-state index < -0.39 is 0 Å². The lowest BCUT2D eigenvalue weighted by Gasteiger charge is -2.10. The number of benzene rings is 2. The summed E-state index contributed by atoms with van der Waals surface area (Å²) in [5.74, 6) is 0.470. The SMILES string of the molecule is CCOC(=O)Cc1cn2c(C=O)c(-c3ccc(OCc4ccccc4)cc3C)nc2s1. The molecule has 0 radical (unpaired) electrons. The van der Waals surface area contributed by atoms with Gasteiger partial charge in [-0.25, -0.2) is 4.98 Å². The number of ether oxygens (including phenoxy) is 2. The number of rotatable bonds is 8. The molecule has 0 bridgehead atoms. The van der Waals surface area contributed by atoms with E-state index in [0.717, 1.165) is 33.6 Å². The lowest BCUT2D eigenvalue weighted by molar-refractivity contribution is -0.142. The second kappa shape index (κ2) is 9.14. The summed E-state index contributed by atoms with van der Waals surface area (Å²) in [5, 5.41) is 0. The fraction of sp³-hybridized carbons (Fsp3) is 0.208. The standard InChI is InChI=1S/C24H22N2O4S/c1-3-29-22(28)12-19-13-26-21(14-27)23(25-24(26)31-19)20-10-9-18(11-16(20)2)30-15-17-7-5-4-6-8-17/h4-11,13-14H,3,12,15H2,1-2H3. The van der Waals surface area contributed by atoms with Gasteiger partial charge >= 0.3 is 5.97 Å². The van der Waals surface area contributed by atoms with Gasteiger partial charge in [0.05, 0.1) is 13.0 Å². The van der Waals surface area contributed by atoms with Gasteiger partial charge in [0.15, 0.2) is 11.2 Å². The quantitative estimate of drug-likeness (QED) is 0.292. The van der Waals surface area contributed by atoms with Crippen LogP contribution in [0.5, 0.6) is 5.75 Å². The first-order chi connectivity index (χ1) is 15.1. The summed E-state index contributed by atoms with van der Waals surface area (Å²) in [6.07, 6.45) is 2.75. The normalized spacial score (nSPS) is 10.9. The zero-order valence-corrected chi connectivity index (χ0v) is 18.1. The Labute approximate surface area is 184 Å². The highest BCUT2D eigenvalue weighted by Gasteiger charge is 2.19. The number of carbonyl (C=O) groups is 2. The first-order valence-corrected chi connectivity index (χ1v) is 10.8. The molecule has 0 fully saturated rings. The number of carbonyl (C=O) groups excluding carboxylic acids is 2. The summed E-state index contributed by atoms with van der Waals surface area (Å²) >= 11 is 1.38. The van der Waals surface area contributed by atoms with Crippen molar-refractivity contribution in [2.75, 3.05) is 6.61 Å². The number of aromatic nitrogens is 2. The van der Waals surface area contributed by atoms with E-state index in [0.29, 0.717) is 29.6 Å². The second-order valence-corrected chi connectivity index (χ2v) is 8.14. The Bertz CT molecular complexity index is 1230. The average molecular weight is 435 g/mol. The van der Waals surface area contributed by atoms with Crippen molar-refractivity contribution >= 4 is 28.6 Å². The fourth-order valence-electron chi connectivity index (χ4n) is 3.39. The van der Waals surface area contributed by atoms with Gasteiger partial charge in [0.1, 0.15) is 23.7 Å². The summed E-state index contributed by atoms with van der Waals surface area (Å²) in [7, 11) is 0. The van der Waals surface area contributed by atoms with Crippen LogP contribution < -0.4 is 4.74 Å². The minimum atomic E-state index is -0.290. The zero-order chi connectivity index (χ0) is 21.8. The monoisotopic (exact) mass is 434 g/mol. The topological polar surface area (TPSA) is 69.9 Å². The molecule has 2 aromatic carbocycles. The van der Waals surface area contributed by atoms with E-state index in [2.05, 4.69) is 4.98 Å². The number of imidazole rings is 1. The molecule has 0 aliphatic heterocycles. The minimum Gasteiger partial charge on any atom is -0.489 e. The highest BCUT2D eigenvalue weighted by atomic mass is 32.1. The molecule has 7 heteroatoms. The van der Waals surface area contributed by atoms with E-state index in [9.17, 15) is 9.59 Å². The number of aldehydes is 1. The number of aryl methyl sites for hydroxylation is 1. The molecule has 0 amide bonds. The van der Waals surface area contributed by atoms with Crippen molar-refractivity contribution in [3.05, 3.63) is 76.4 Å². The maximum absolute atomic E-state index is 11.9. The molecule has 0 saturated heterocycles.